The van der Waals surface area contributed by atoms with Crippen molar-refractivity contribution in [3.63, 3.8) is 0 Å². The van der Waals surface area contributed by atoms with Crippen LogP contribution in [-0.2, 0) is 11.3 Å². The van der Waals surface area contributed by atoms with Gasteiger partial charge in [0.25, 0.3) is 0 Å². The van der Waals surface area contributed by atoms with Crippen molar-refractivity contribution in [3.05, 3.63) is 35.9 Å². The molecule has 0 aromatic heterocycles. The molecule has 1 aromatic rings. The van der Waals surface area contributed by atoms with E-state index in [1.54, 1.807) is 0 Å². The molecule has 21 heavy (non-hydrogen) atoms. The summed E-state index contributed by atoms with van der Waals surface area (Å²) < 4.78 is 0. The maximum absolute atomic E-state index is 12.2. The number of carboxylic acids is 1. The molecule has 2 atom stereocenters. The van der Waals surface area contributed by atoms with Crippen LogP contribution in [0.25, 0.3) is 0 Å². The van der Waals surface area contributed by atoms with E-state index >= 15 is 0 Å². The Morgan fingerprint density at radius 2 is 1.76 bits per heavy atom. The standard InChI is InChI=1S/C15H22N2O4/c1-10(2)17(9-12-7-5-4-6-8-12)15(21)16-13(11(3)18)14(19)20/h4-8,10-11,13,18H,9H2,1-3H3,(H,16,21)(H,19,20). The number of carbonyl (C=O) groups excluding carboxylic acids is 1. The normalized spacial score (nSPS) is 13.6. The minimum absolute atomic E-state index is 0.103. The molecule has 0 fully saturated rings. The number of rotatable bonds is 6. The molecule has 3 N–H and O–H groups in total. The molecule has 1 aromatic carbocycles. The molecule has 2 amide bonds. The van der Waals surface area contributed by atoms with Gasteiger partial charge in [-0.2, -0.15) is 0 Å². The molecular weight excluding hydrogens is 272 g/mol. The topological polar surface area (TPSA) is 89.9 Å². The molecule has 0 bridgehead atoms. The fourth-order valence-corrected chi connectivity index (χ4v) is 1.87. The number of urea groups is 1. The largest absolute Gasteiger partial charge is 0.480 e. The van der Waals surface area contributed by atoms with Crippen LogP contribution in [0.2, 0.25) is 0 Å². The van der Waals surface area contributed by atoms with E-state index in [0.29, 0.717) is 6.54 Å². The molecule has 0 heterocycles. The number of carboxylic acid groups (broad SMARTS) is 1. The zero-order valence-corrected chi connectivity index (χ0v) is 12.5. The van der Waals surface area contributed by atoms with Crippen LogP contribution >= 0.6 is 0 Å². The lowest BCUT2D eigenvalue weighted by molar-refractivity contribution is -0.141. The van der Waals surface area contributed by atoms with Gasteiger partial charge in [-0.15, -0.1) is 0 Å². The van der Waals surface area contributed by atoms with Gasteiger partial charge >= 0.3 is 12.0 Å². The van der Waals surface area contributed by atoms with Gasteiger partial charge in [-0.1, -0.05) is 30.3 Å². The maximum atomic E-state index is 12.2. The summed E-state index contributed by atoms with van der Waals surface area (Å²) in [6, 6.07) is 7.49. The minimum atomic E-state index is -1.32. The number of carbonyl (C=O) groups is 2. The number of aliphatic carboxylic acids is 1. The molecule has 0 spiro atoms. The summed E-state index contributed by atoms with van der Waals surface area (Å²) in [5.74, 6) is -1.26. The molecule has 6 heteroatoms. The minimum Gasteiger partial charge on any atom is -0.480 e. The molecule has 6 nitrogen and oxygen atoms in total. The molecule has 0 aliphatic rings. The highest BCUT2D eigenvalue weighted by Crippen LogP contribution is 2.09. The summed E-state index contributed by atoms with van der Waals surface area (Å²) >= 11 is 0. The Bertz CT molecular complexity index is 474. The Balaban J connectivity index is 2.81. The van der Waals surface area contributed by atoms with Crippen molar-refractivity contribution in [2.45, 2.75) is 45.5 Å². The molecule has 2 unspecified atom stereocenters. The second kappa shape index (κ2) is 7.64. The van der Waals surface area contributed by atoms with Gasteiger partial charge in [0.05, 0.1) is 6.10 Å². The van der Waals surface area contributed by atoms with E-state index in [-0.39, 0.29) is 6.04 Å². The monoisotopic (exact) mass is 294 g/mol. The number of aliphatic hydroxyl groups excluding tert-OH is 1. The summed E-state index contributed by atoms with van der Waals surface area (Å²) in [5.41, 5.74) is 0.949. The molecule has 116 valence electrons. The van der Waals surface area contributed by atoms with Gasteiger partial charge in [-0.3, -0.25) is 0 Å². The van der Waals surface area contributed by atoms with Gasteiger partial charge in [-0.05, 0) is 26.3 Å². The molecule has 0 radical (unpaired) electrons. The van der Waals surface area contributed by atoms with Crippen LogP contribution in [0.1, 0.15) is 26.3 Å². The Morgan fingerprint density at radius 3 is 2.19 bits per heavy atom. The quantitative estimate of drug-likeness (QED) is 0.740. The van der Waals surface area contributed by atoms with Crippen LogP contribution in [0.4, 0.5) is 4.79 Å². The molecular formula is C15H22N2O4. The van der Waals surface area contributed by atoms with Gasteiger partial charge in [0.15, 0.2) is 6.04 Å². The van der Waals surface area contributed by atoms with Crippen molar-refractivity contribution in [1.82, 2.24) is 10.2 Å². The average Bonchev–Trinajstić information content (AvgIpc) is 2.42. The molecule has 0 aliphatic heterocycles. The van der Waals surface area contributed by atoms with Gasteiger partial charge in [0.2, 0.25) is 0 Å². The molecule has 0 aliphatic carbocycles. The predicted octanol–water partition coefficient (Wildman–Crippen LogP) is 1.44. The van der Waals surface area contributed by atoms with Crippen LogP contribution in [0, 0.1) is 0 Å². The SMILES string of the molecule is CC(O)C(NC(=O)N(Cc1ccccc1)C(C)C)C(=O)O. The number of aliphatic hydroxyl groups is 1. The summed E-state index contributed by atoms with van der Waals surface area (Å²) in [6.07, 6.45) is -1.17. The van der Waals surface area contributed by atoms with Crippen LogP contribution in [0.3, 0.4) is 0 Å². The van der Waals surface area contributed by atoms with Crippen molar-refractivity contribution < 1.29 is 19.8 Å². The van der Waals surface area contributed by atoms with Crippen LogP contribution < -0.4 is 5.32 Å². The summed E-state index contributed by atoms with van der Waals surface area (Å²) in [6.45, 7) is 5.40. The van der Waals surface area contributed by atoms with Crippen LogP contribution in [0.15, 0.2) is 30.3 Å². The Morgan fingerprint density at radius 1 is 1.19 bits per heavy atom. The van der Waals surface area contributed by atoms with Crippen molar-refractivity contribution in [2.75, 3.05) is 0 Å². The average molecular weight is 294 g/mol. The lowest BCUT2D eigenvalue weighted by atomic mass is 10.1. The van der Waals surface area contributed by atoms with E-state index in [9.17, 15) is 14.7 Å². The van der Waals surface area contributed by atoms with Crippen molar-refractivity contribution in [2.24, 2.45) is 0 Å². The first-order valence-electron chi connectivity index (χ1n) is 6.85. The smallest absolute Gasteiger partial charge is 0.328 e. The van der Waals surface area contributed by atoms with Gasteiger partial charge in [0, 0.05) is 12.6 Å². The fraction of sp³-hybridized carbons (Fsp3) is 0.467. The van der Waals surface area contributed by atoms with E-state index in [2.05, 4.69) is 5.32 Å². The van der Waals surface area contributed by atoms with E-state index < -0.39 is 24.1 Å². The third-order valence-corrected chi connectivity index (χ3v) is 3.11. The van der Waals surface area contributed by atoms with Gasteiger partial charge in [-0.25, -0.2) is 9.59 Å². The highest BCUT2D eigenvalue weighted by Gasteiger charge is 2.28. The second-order valence-corrected chi connectivity index (χ2v) is 5.21. The highest BCUT2D eigenvalue weighted by atomic mass is 16.4. The maximum Gasteiger partial charge on any atom is 0.328 e. The second-order valence-electron chi connectivity index (χ2n) is 5.21. The highest BCUT2D eigenvalue weighted by molar-refractivity contribution is 5.83. The number of benzene rings is 1. The number of hydrogen-bond donors (Lipinski definition) is 3. The first-order valence-corrected chi connectivity index (χ1v) is 6.85. The number of hydrogen-bond acceptors (Lipinski definition) is 3. The van der Waals surface area contributed by atoms with Crippen molar-refractivity contribution in [3.8, 4) is 0 Å². The number of nitrogens with zero attached hydrogens (tertiary/aromatic N) is 1. The Labute approximate surface area is 124 Å². The van der Waals surface area contributed by atoms with Gasteiger partial charge in [0.1, 0.15) is 0 Å². The summed E-state index contributed by atoms with van der Waals surface area (Å²) in [7, 11) is 0. The first kappa shape index (κ1) is 17.0. The zero-order chi connectivity index (χ0) is 16.0. The van der Waals surface area contributed by atoms with E-state index in [1.807, 2.05) is 44.2 Å². The fourth-order valence-electron chi connectivity index (χ4n) is 1.87. The molecule has 0 saturated carbocycles. The number of amides is 2. The number of nitrogens with one attached hydrogen (secondary N) is 1. The van der Waals surface area contributed by atoms with E-state index in [4.69, 9.17) is 5.11 Å². The first-order chi connectivity index (χ1) is 9.82. The summed E-state index contributed by atoms with van der Waals surface area (Å²) in [5, 5.41) is 20.8. The van der Waals surface area contributed by atoms with Crippen LogP contribution in [0.5, 0.6) is 0 Å². The lowest BCUT2D eigenvalue weighted by Gasteiger charge is -2.29. The van der Waals surface area contributed by atoms with Crippen molar-refractivity contribution in [1.29, 1.82) is 0 Å². The zero-order valence-electron chi connectivity index (χ0n) is 12.5. The lowest BCUT2D eigenvalue weighted by Crippen LogP contribution is -2.53. The van der Waals surface area contributed by atoms with Crippen molar-refractivity contribution >= 4 is 12.0 Å². The van der Waals surface area contributed by atoms with E-state index in [0.717, 1.165) is 5.56 Å². The van der Waals surface area contributed by atoms with E-state index in [1.165, 1.54) is 11.8 Å². The predicted molar refractivity (Wildman–Crippen MR) is 78.8 cm³/mol. The van der Waals surface area contributed by atoms with Gasteiger partial charge < -0.3 is 20.4 Å². The molecule has 0 saturated heterocycles. The Kier molecular flexibility index (Phi) is 6.17. The summed E-state index contributed by atoms with van der Waals surface area (Å²) in [4.78, 5) is 24.8. The van der Waals surface area contributed by atoms with Crippen LogP contribution in [-0.4, -0.2) is 45.3 Å². The Hall–Kier alpha value is -2.08. The molecule has 1 rings (SSSR count). The third-order valence-electron chi connectivity index (χ3n) is 3.11. The third kappa shape index (κ3) is 5.07.